The average molecular weight is 572 g/mol. The van der Waals surface area contributed by atoms with Gasteiger partial charge in [0.25, 0.3) is 0 Å². The molecular formula is C31H42FN3O4S. The van der Waals surface area contributed by atoms with Gasteiger partial charge in [-0.25, -0.2) is 17.6 Å². The molecule has 218 valence electrons. The summed E-state index contributed by atoms with van der Waals surface area (Å²) in [6, 6.07) is 9.91. The Labute approximate surface area is 238 Å². The molecular weight excluding hydrogens is 529 g/mol. The Kier molecular flexibility index (Phi) is 8.17. The Morgan fingerprint density at radius 1 is 1.00 bits per heavy atom. The number of ether oxygens (including phenoxy) is 1. The molecule has 3 aliphatic rings. The molecule has 0 unspecified atom stereocenters. The highest BCUT2D eigenvalue weighted by atomic mass is 32.2. The summed E-state index contributed by atoms with van der Waals surface area (Å²) in [6.07, 6.45) is 6.73. The highest BCUT2D eigenvalue weighted by Crippen LogP contribution is 2.43. The van der Waals surface area contributed by atoms with Gasteiger partial charge in [0.1, 0.15) is 16.3 Å². The number of anilines is 1. The number of rotatable bonds is 3. The summed E-state index contributed by atoms with van der Waals surface area (Å²) in [6.45, 7) is 7.26. The van der Waals surface area contributed by atoms with Crippen molar-refractivity contribution in [2.24, 2.45) is 5.92 Å². The van der Waals surface area contributed by atoms with Gasteiger partial charge < -0.3 is 15.0 Å². The first-order valence-corrected chi connectivity index (χ1v) is 16.0. The fourth-order valence-electron chi connectivity index (χ4n) is 6.52. The molecule has 1 N–H and O–H groups in total. The van der Waals surface area contributed by atoms with Gasteiger partial charge in [0.15, 0.2) is 0 Å². The zero-order chi connectivity index (χ0) is 28.7. The highest BCUT2D eigenvalue weighted by molar-refractivity contribution is 7.89. The topological polar surface area (TPSA) is 79.0 Å². The predicted molar refractivity (Wildman–Crippen MR) is 155 cm³/mol. The van der Waals surface area contributed by atoms with Gasteiger partial charge in [-0.05, 0) is 99.2 Å². The lowest BCUT2D eigenvalue weighted by atomic mass is 9.83. The lowest BCUT2D eigenvalue weighted by molar-refractivity contribution is 0.0205. The quantitative estimate of drug-likeness (QED) is 0.449. The average Bonchev–Trinajstić information content (AvgIpc) is 3.02. The van der Waals surface area contributed by atoms with E-state index in [9.17, 15) is 17.6 Å². The van der Waals surface area contributed by atoms with Crippen molar-refractivity contribution in [2.75, 3.05) is 32.0 Å². The third-order valence-electron chi connectivity index (χ3n) is 8.71. The van der Waals surface area contributed by atoms with Gasteiger partial charge in [-0.2, -0.15) is 4.31 Å². The van der Waals surface area contributed by atoms with E-state index in [1.807, 2.05) is 26.8 Å². The molecule has 1 aliphatic carbocycles. The third-order valence-corrected chi connectivity index (χ3v) is 10.6. The Balaban J connectivity index is 1.49. The van der Waals surface area contributed by atoms with Crippen LogP contribution in [-0.2, 0) is 14.8 Å². The molecule has 2 fully saturated rings. The van der Waals surface area contributed by atoms with E-state index in [0.717, 1.165) is 55.2 Å². The van der Waals surface area contributed by atoms with Gasteiger partial charge in [-0.3, -0.25) is 0 Å². The van der Waals surface area contributed by atoms with Crippen LogP contribution in [0.15, 0.2) is 41.3 Å². The minimum Gasteiger partial charge on any atom is -0.444 e. The van der Waals surface area contributed by atoms with Crippen LogP contribution in [0.3, 0.4) is 0 Å². The van der Waals surface area contributed by atoms with E-state index in [2.05, 4.69) is 5.32 Å². The molecule has 7 nitrogen and oxygen atoms in total. The highest BCUT2D eigenvalue weighted by Gasteiger charge is 2.39. The normalized spacial score (nSPS) is 22.7. The van der Waals surface area contributed by atoms with Crippen molar-refractivity contribution in [1.29, 1.82) is 0 Å². The lowest BCUT2D eigenvalue weighted by Gasteiger charge is -2.34. The Morgan fingerprint density at radius 2 is 1.65 bits per heavy atom. The number of likely N-dealkylation sites (N-methyl/N-ethyl adjacent to an activating group) is 1. The predicted octanol–water partition coefficient (Wildman–Crippen LogP) is 6.60. The van der Waals surface area contributed by atoms with Crippen LogP contribution >= 0.6 is 0 Å². The lowest BCUT2D eigenvalue weighted by Crippen LogP contribution is -2.44. The summed E-state index contributed by atoms with van der Waals surface area (Å²) in [5, 5.41) is 3.51. The van der Waals surface area contributed by atoms with Crippen LogP contribution in [0.1, 0.15) is 77.2 Å². The fourth-order valence-corrected chi connectivity index (χ4v) is 8.11. The smallest absolute Gasteiger partial charge is 0.410 e. The van der Waals surface area contributed by atoms with Crippen molar-refractivity contribution in [3.05, 3.63) is 47.8 Å². The van der Waals surface area contributed by atoms with Gasteiger partial charge in [-0.1, -0.05) is 31.4 Å². The second-order valence-electron chi connectivity index (χ2n) is 12.6. The zero-order valence-corrected chi connectivity index (χ0v) is 24.9. The Bertz CT molecular complexity index is 1330. The zero-order valence-electron chi connectivity index (χ0n) is 24.1. The summed E-state index contributed by atoms with van der Waals surface area (Å²) in [5.74, 6) is 0.113. The first-order chi connectivity index (χ1) is 18.9. The van der Waals surface area contributed by atoms with Gasteiger partial charge in [0.2, 0.25) is 10.0 Å². The summed E-state index contributed by atoms with van der Waals surface area (Å²) < 4.78 is 49.0. The second-order valence-corrected chi connectivity index (χ2v) is 14.5. The van der Waals surface area contributed by atoms with E-state index < -0.39 is 15.6 Å². The van der Waals surface area contributed by atoms with Crippen molar-refractivity contribution < 1.29 is 22.3 Å². The number of likely N-dealkylation sites (tertiary alicyclic amines) is 1. The minimum atomic E-state index is -3.75. The summed E-state index contributed by atoms with van der Waals surface area (Å²) in [5.41, 5.74) is 2.67. The monoisotopic (exact) mass is 571 g/mol. The maximum absolute atomic E-state index is 14.0. The largest absolute Gasteiger partial charge is 0.444 e. The molecule has 1 atom stereocenters. The number of nitrogens with zero attached hydrogens (tertiary/aromatic N) is 2. The van der Waals surface area contributed by atoms with E-state index in [4.69, 9.17) is 4.74 Å². The van der Waals surface area contributed by atoms with Crippen LogP contribution in [0, 0.1) is 11.7 Å². The molecule has 9 heteroatoms. The second kappa shape index (κ2) is 11.3. The standard InChI is InChI=1S/C31H42FN3O4S/c1-31(2,3)39-30(36)35-16-14-22(15-17-35)25-18-27-29(19-26(25)21-10-12-24(32)13-11-21)40(37,38)34(4)28(20-33-27)23-8-6-5-7-9-23/h10-13,18-19,22-23,28,33H,5-9,14-17,20H2,1-4H3/t28-/m0/s1. The maximum atomic E-state index is 14.0. The van der Waals surface area contributed by atoms with Gasteiger partial charge >= 0.3 is 6.09 Å². The number of sulfonamides is 1. The van der Waals surface area contributed by atoms with Gasteiger partial charge in [0, 0.05) is 32.7 Å². The van der Waals surface area contributed by atoms with Gasteiger partial charge in [-0.15, -0.1) is 0 Å². The molecule has 2 aromatic carbocycles. The SMILES string of the molecule is CN1[C@H](C2CCCCC2)CNc2cc(C3CCN(C(=O)OC(C)(C)C)CC3)c(-c3ccc(F)cc3)cc2S1(=O)=O. The number of hydrogen-bond donors (Lipinski definition) is 1. The Hall–Kier alpha value is -2.65. The number of amides is 1. The molecule has 2 aromatic rings. The van der Waals surface area contributed by atoms with E-state index in [1.54, 1.807) is 34.5 Å². The van der Waals surface area contributed by atoms with Crippen molar-refractivity contribution in [3.63, 3.8) is 0 Å². The minimum absolute atomic E-state index is 0.104. The molecule has 0 spiro atoms. The number of carbonyl (C=O) groups is 1. The molecule has 0 radical (unpaired) electrons. The van der Waals surface area contributed by atoms with Crippen molar-refractivity contribution in [2.45, 2.75) is 88.2 Å². The number of piperidine rings is 1. The number of carbonyl (C=O) groups excluding carboxylic acids is 1. The van der Waals surface area contributed by atoms with Crippen LogP contribution in [0.4, 0.5) is 14.9 Å². The number of halogens is 1. The van der Waals surface area contributed by atoms with Gasteiger partial charge in [0.05, 0.1) is 5.69 Å². The van der Waals surface area contributed by atoms with Crippen LogP contribution in [-0.4, -0.2) is 62.0 Å². The van der Waals surface area contributed by atoms with E-state index in [1.165, 1.54) is 18.6 Å². The van der Waals surface area contributed by atoms with Crippen LogP contribution < -0.4 is 5.32 Å². The molecule has 40 heavy (non-hydrogen) atoms. The molecule has 2 heterocycles. The van der Waals surface area contributed by atoms with Crippen LogP contribution in [0.2, 0.25) is 0 Å². The number of benzene rings is 2. The first kappa shape index (κ1) is 28.9. The molecule has 2 aliphatic heterocycles. The summed E-state index contributed by atoms with van der Waals surface area (Å²) in [7, 11) is -2.04. The van der Waals surface area contributed by atoms with E-state index in [0.29, 0.717) is 31.2 Å². The number of fused-ring (bicyclic) bond motifs is 1. The van der Waals surface area contributed by atoms with Crippen molar-refractivity contribution >= 4 is 21.8 Å². The first-order valence-electron chi connectivity index (χ1n) is 14.6. The maximum Gasteiger partial charge on any atom is 0.410 e. The molecule has 1 saturated carbocycles. The van der Waals surface area contributed by atoms with Crippen LogP contribution in [0.25, 0.3) is 11.1 Å². The summed E-state index contributed by atoms with van der Waals surface area (Å²) >= 11 is 0. The van der Waals surface area contributed by atoms with E-state index in [-0.39, 0.29) is 28.8 Å². The molecule has 1 amide bonds. The molecule has 1 saturated heterocycles. The molecule has 0 bridgehead atoms. The molecule has 5 rings (SSSR count). The number of hydrogen-bond acceptors (Lipinski definition) is 5. The van der Waals surface area contributed by atoms with Crippen LogP contribution in [0.5, 0.6) is 0 Å². The van der Waals surface area contributed by atoms with E-state index >= 15 is 0 Å². The summed E-state index contributed by atoms with van der Waals surface area (Å²) in [4.78, 5) is 14.7. The van der Waals surface area contributed by atoms with Crippen molar-refractivity contribution in [3.8, 4) is 11.1 Å². The molecule has 0 aromatic heterocycles. The van der Waals surface area contributed by atoms with Crippen molar-refractivity contribution in [1.82, 2.24) is 9.21 Å². The third kappa shape index (κ3) is 6.00. The number of nitrogens with one attached hydrogen (secondary N) is 1. The fraction of sp³-hybridized carbons (Fsp3) is 0.581. The Morgan fingerprint density at radius 3 is 2.27 bits per heavy atom.